The van der Waals surface area contributed by atoms with E-state index in [1.807, 2.05) is 24.3 Å². The second-order valence-corrected chi connectivity index (χ2v) is 8.66. The lowest BCUT2D eigenvalue weighted by Gasteiger charge is -2.30. The van der Waals surface area contributed by atoms with Crippen molar-refractivity contribution in [2.24, 2.45) is 0 Å². The lowest BCUT2D eigenvalue weighted by Crippen LogP contribution is -2.44. The molecule has 0 aliphatic carbocycles. The third kappa shape index (κ3) is 5.72. The van der Waals surface area contributed by atoms with E-state index >= 15 is 0 Å². The molecule has 182 valence electrons. The van der Waals surface area contributed by atoms with Gasteiger partial charge >= 0.3 is 6.03 Å². The number of hydrogen-bond donors (Lipinski definition) is 3. The standard InChI is InChI=1S/C23H32N8O3/c32-23(26-19-5-7-24-8-6-19)25-18-3-1-17(2-4-18)20-27-21(30-9-13-33-14-10-30)29-22(28-20)31-11-15-34-16-12-31/h1-4,19,24H,5-16H2,(H2,25,26,32). The van der Waals surface area contributed by atoms with Gasteiger partial charge < -0.3 is 35.2 Å². The van der Waals surface area contributed by atoms with Crippen LogP contribution in [0.2, 0.25) is 0 Å². The van der Waals surface area contributed by atoms with Crippen LogP contribution >= 0.6 is 0 Å². The number of ether oxygens (including phenoxy) is 2. The second-order valence-electron chi connectivity index (χ2n) is 8.66. The van der Waals surface area contributed by atoms with E-state index in [0.29, 0.717) is 44.1 Å². The van der Waals surface area contributed by atoms with Gasteiger partial charge in [-0.25, -0.2) is 4.79 Å². The second kappa shape index (κ2) is 10.9. The molecule has 11 heteroatoms. The minimum absolute atomic E-state index is 0.177. The Hall–Kier alpha value is -3.02. The number of nitrogens with zero attached hydrogens (tertiary/aromatic N) is 5. The Balaban J connectivity index is 1.32. The van der Waals surface area contributed by atoms with Crippen LogP contribution in [-0.4, -0.2) is 92.7 Å². The zero-order valence-corrected chi connectivity index (χ0v) is 19.3. The maximum absolute atomic E-state index is 12.4. The molecule has 3 N–H and O–H groups in total. The van der Waals surface area contributed by atoms with Gasteiger partial charge in [-0.1, -0.05) is 0 Å². The quantitative estimate of drug-likeness (QED) is 0.593. The van der Waals surface area contributed by atoms with Gasteiger partial charge in [0, 0.05) is 43.5 Å². The molecule has 11 nitrogen and oxygen atoms in total. The topological polar surface area (TPSA) is 117 Å². The van der Waals surface area contributed by atoms with Crippen molar-refractivity contribution < 1.29 is 14.3 Å². The Bertz CT molecular complexity index is 919. The number of piperidine rings is 1. The molecule has 34 heavy (non-hydrogen) atoms. The van der Waals surface area contributed by atoms with Gasteiger partial charge in [-0.3, -0.25) is 0 Å². The number of hydrogen-bond acceptors (Lipinski definition) is 9. The Morgan fingerprint density at radius 3 is 1.97 bits per heavy atom. The number of rotatable bonds is 5. The fourth-order valence-corrected chi connectivity index (χ4v) is 4.31. The lowest BCUT2D eigenvalue weighted by molar-refractivity contribution is 0.121. The van der Waals surface area contributed by atoms with E-state index < -0.39 is 0 Å². The Kier molecular flexibility index (Phi) is 7.32. The molecule has 3 aliphatic rings. The molecule has 2 aromatic rings. The molecule has 4 heterocycles. The maximum Gasteiger partial charge on any atom is 0.319 e. The fourth-order valence-electron chi connectivity index (χ4n) is 4.31. The van der Waals surface area contributed by atoms with Crippen molar-refractivity contribution in [2.45, 2.75) is 18.9 Å². The highest BCUT2D eigenvalue weighted by Crippen LogP contribution is 2.24. The van der Waals surface area contributed by atoms with E-state index in [2.05, 4.69) is 25.8 Å². The number of urea groups is 1. The van der Waals surface area contributed by atoms with E-state index in [4.69, 9.17) is 24.4 Å². The van der Waals surface area contributed by atoms with Crippen LogP contribution in [-0.2, 0) is 9.47 Å². The third-order valence-electron chi connectivity index (χ3n) is 6.27. The molecule has 0 radical (unpaired) electrons. The molecule has 0 unspecified atom stereocenters. The third-order valence-corrected chi connectivity index (χ3v) is 6.27. The largest absolute Gasteiger partial charge is 0.378 e. The average molecular weight is 469 g/mol. The normalized spacial score (nSPS) is 19.6. The van der Waals surface area contributed by atoms with Crippen molar-refractivity contribution in [2.75, 3.05) is 80.8 Å². The maximum atomic E-state index is 12.4. The summed E-state index contributed by atoms with van der Waals surface area (Å²) >= 11 is 0. The van der Waals surface area contributed by atoms with E-state index in [9.17, 15) is 4.79 Å². The average Bonchev–Trinajstić information content (AvgIpc) is 2.90. The van der Waals surface area contributed by atoms with Crippen molar-refractivity contribution in [1.82, 2.24) is 25.6 Å². The number of benzene rings is 1. The smallest absolute Gasteiger partial charge is 0.319 e. The summed E-state index contributed by atoms with van der Waals surface area (Å²) in [7, 11) is 0. The first kappa shape index (κ1) is 22.8. The van der Waals surface area contributed by atoms with Gasteiger partial charge in [0.25, 0.3) is 0 Å². The van der Waals surface area contributed by atoms with Crippen molar-refractivity contribution in [1.29, 1.82) is 0 Å². The zero-order chi connectivity index (χ0) is 23.2. The summed E-state index contributed by atoms with van der Waals surface area (Å²) in [5.74, 6) is 1.94. The highest BCUT2D eigenvalue weighted by Gasteiger charge is 2.21. The number of carbonyl (C=O) groups excluding carboxylic acids is 1. The summed E-state index contributed by atoms with van der Waals surface area (Å²) < 4.78 is 11.0. The number of nitrogens with one attached hydrogen (secondary N) is 3. The summed E-state index contributed by atoms with van der Waals surface area (Å²) in [4.78, 5) is 31.0. The summed E-state index contributed by atoms with van der Waals surface area (Å²) in [5, 5.41) is 9.28. The number of aromatic nitrogens is 3. The van der Waals surface area contributed by atoms with Gasteiger partial charge in [0.1, 0.15) is 0 Å². The van der Waals surface area contributed by atoms with Crippen LogP contribution in [0.1, 0.15) is 12.8 Å². The van der Waals surface area contributed by atoms with Gasteiger partial charge in [0.05, 0.1) is 26.4 Å². The number of carbonyl (C=O) groups is 1. The minimum atomic E-state index is -0.177. The Morgan fingerprint density at radius 2 is 1.41 bits per heavy atom. The Morgan fingerprint density at radius 1 is 0.853 bits per heavy atom. The van der Waals surface area contributed by atoms with Crippen molar-refractivity contribution >= 4 is 23.6 Å². The first-order valence-electron chi connectivity index (χ1n) is 12.0. The van der Waals surface area contributed by atoms with Crippen LogP contribution in [0.3, 0.4) is 0 Å². The molecule has 2 amide bonds. The first-order chi connectivity index (χ1) is 16.7. The van der Waals surface area contributed by atoms with Crippen molar-refractivity contribution in [3.8, 4) is 11.4 Å². The molecule has 0 atom stereocenters. The summed E-state index contributed by atoms with van der Waals surface area (Å²) in [5.41, 5.74) is 1.60. The molecule has 5 rings (SSSR count). The lowest BCUT2D eigenvalue weighted by atomic mass is 10.1. The van der Waals surface area contributed by atoms with E-state index in [0.717, 1.165) is 63.4 Å². The van der Waals surface area contributed by atoms with Crippen molar-refractivity contribution in [3.63, 3.8) is 0 Å². The molecule has 1 aromatic carbocycles. The van der Waals surface area contributed by atoms with E-state index in [-0.39, 0.29) is 12.1 Å². The monoisotopic (exact) mass is 468 g/mol. The Labute approximate surface area is 199 Å². The highest BCUT2D eigenvalue weighted by molar-refractivity contribution is 5.89. The molecule has 1 aromatic heterocycles. The molecule has 0 bridgehead atoms. The molecular weight excluding hydrogens is 436 g/mol. The number of morpholine rings is 2. The van der Waals surface area contributed by atoms with Crippen LogP contribution < -0.4 is 25.8 Å². The van der Waals surface area contributed by atoms with Crippen LogP contribution in [0.5, 0.6) is 0 Å². The molecule has 3 saturated heterocycles. The number of anilines is 3. The van der Waals surface area contributed by atoms with Crippen LogP contribution in [0.15, 0.2) is 24.3 Å². The first-order valence-corrected chi connectivity index (χ1v) is 12.0. The number of amides is 2. The van der Waals surface area contributed by atoms with Crippen LogP contribution in [0.25, 0.3) is 11.4 Å². The predicted molar refractivity (Wildman–Crippen MR) is 129 cm³/mol. The minimum Gasteiger partial charge on any atom is -0.378 e. The summed E-state index contributed by atoms with van der Waals surface area (Å²) in [6, 6.07) is 7.66. The van der Waals surface area contributed by atoms with Gasteiger partial charge in [0.15, 0.2) is 5.82 Å². The van der Waals surface area contributed by atoms with E-state index in [1.165, 1.54) is 0 Å². The molecule has 0 saturated carbocycles. The van der Waals surface area contributed by atoms with Crippen LogP contribution in [0, 0.1) is 0 Å². The predicted octanol–water partition coefficient (Wildman–Crippen LogP) is 1.09. The fraction of sp³-hybridized carbons (Fsp3) is 0.565. The summed E-state index contributed by atoms with van der Waals surface area (Å²) in [6.07, 6.45) is 1.89. The van der Waals surface area contributed by atoms with Gasteiger partial charge in [-0.2, -0.15) is 15.0 Å². The SMILES string of the molecule is O=C(Nc1ccc(-c2nc(N3CCOCC3)nc(N3CCOCC3)n2)cc1)NC1CCNCC1. The van der Waals surface area contributed by atoms with E-state index in [1.54, 1.807) is 0 Å². The summed E-state index contributed by atoms with van der Waals surface area (Å²) in [6.45, 7) is 7.52. The molecule has 3 aliphatic heterocycles. The molecule has 0 spiro atoms. The van der Waals surface area contributed by atoms with Gasteiger partial charge in [-0.15, -0.1) is 0 Å². The molecule has 3 fully saturated rings. The zero-order valence-electron chi connectivity index (χ0n) is 19.3. The van der Waals surface area contributed by atoms with Gasteiger partial charge in [-0.05, 0) is 50.2 Å². The van der Waals surface area contributed by atoms with Crippen molar-refractivity contribution in [3.05, 3.63) is 24.3 Å². The molecular formula is C23H32N8O3. The van der Waals surface area contributed by atoms with Gasteiger partial charge in [0.2, 0.25) is 11.9 Å². The van der Waals surface area contributed by atoms with Crippen LogP contribution in [0.4, 0.5) is 22.4 Å². The highest BCUT2D eigenvalue weighted by atomic mass is 16.5.